The number of likely N-dealkylation sites (tertiary alicyclic amines) is 1. The molecule has 1 aliphatic heterocycles. The van der Waals surface area contributed by atoms with E-state index in [1.165, 1.54) is 0 Å². The van der Waals surface area contributed by atoms with Crippen LogP contribution in [0, 0.1) is 5.92 Å². The second-order valence-corrected chi connectivity index (χ2v) is 6.33. The van der Waals surface area contributed by atoms with E-state index < -0.39 is 5.41 Å². The van der Waals surface area contributed by atoms with Gasteiger partial charge in [0.15, 0.2) is 0 Å². The van der Waals surface area contributed by atoms with Crippen LogP contribution in [0.3, 0.4) is 0 Å². The van der Waals surface area contributed by atoms with Gasteiger partial charge in [-0.25, -0.2) is 0 Å². The Kier molecular flexibility index (Phi) is 4.36. The molecule has 1 fully saturated rings. The standard InChI is InChI=1S/C17H25NO2/c1-13-9-11-18(12-10-13)16(19)17(2,3)14-5-7-15(20-4)8-6-14/h5-8,13H,9-12H2,1-4H3. The first-order chi connectivity index (χ1) is 9.45. The molecule has 0 radical (unpaired) electrons. The van der Waals surface area contributed by atoms with E-state index in [-0.39, 0.29) is 5.91 Å². The lowest BCUT2D eigenvalue weighted by Crippen LogP contribution is -2.46. The molecule has 1 heterocycles. The molecule has 3 heteroatoms. The Morgan fingerprint density at radius 2 is 1.75 bits per heavy atom. The average Bonchev–Trinajstić information content (AvgIpc) is 2.47. The summed E-state index contributed by atoms with van der Waals surface area (Å²) >= 11 is 0. The third-order valence-electron chi connectivity index (χ3n) is 4.42. The summed E-state index contributed by atoms with van der Waals surface area (Å²) in [5.74, 6) is 1.79. The van der Waals surface area contributed by atoms with Crippen molar-refractivity contribution in [1.82, 2.24) is 4.90 Å². The van der Waals surface area contributed by atoms with E-state index in [1.807, 2.05) is 43.0 Å². The highest BCUT2D eigenvalue weighted by Gasteiger charge is 2.34. The van der Waals surface area contributed by atoms with Crippen molar-refractivity contribution in [1.29, 1.82) is 0 Å². The van der Waals surface area contributed by atoms with Crippen molar-refractivity contribution in [2.75, 3.05) is 20.2 Å². The number of nitrogens with zero attached hydrogens (tertiary/aromatic N) is 1. The van der Waals surface area contributed by atoms with E-state index in [1.54, 1.807) is 7.11 Å². The van der Waals surface area contributed by atoms with Gasteiger partial charge in [-0.2, -0.15) is 0 Å². The molecule has 0 aliphatic carbocycles. The van der Waals surface area contributed by atoms with Gasteiger partial charge in [-0.15, -0.1) is 0 Å². The molecule has 1 aliphatic rings. The van der Waals surface area contributed by atoms with Crippen LogP contribution in [0.15, 0.2) is 24.3 Å². The third kappa shape index (κ3) is 2.97. The van der Waals surface area contributed by atoms with Gasteiger partial charge < -0.3 is 9.64 Å². The fourth-order valence-electron chi connectivity index (χ4n) is 2.74. The highest BCUT2D eigenvalue weighted by Crippen LogP contribution is 2.29. The Balaban J connectivity index is 2.13. The van der Waals surface area contributed by atoms with Crippen molar-refractivity contribution in [2.24, 2.45) is 5.92 Å². The summed E-state index contributed by atoms with van der Waals surface area (Å²) in [7, 11) is 1.65. The van der Waals surface area contributed by atoms with Gasteiger partial charge in [0.25, 0.3) is 0 Å². The SMILES string of the molecule is COc1ccc(C(C)(C)C(=O)N2CCC(C)CC2)cc1. The van der Waals surface area contributed by atoms with Crippen LogP contribution in [0.5, 0.6) is 5.75 Å². The highest BCUT2D eigenvalue weighted by molar-refractivity contribution is 5.87. The van der Waals surface area contributed by atoms with E-state index in [4.69, 9.17) is 4.74 Å². The monoisotopic (exact) mass is 275 g/mol. The first kappa shape index (κ1) is 14.9. The van der Waals surface area contributed by atoms with Crippen LogP contribution < -0.4 is 4.74 Å². The summed E-state index contributed by atoms with van der Waals surface area (Å²) in [5, 5.41) is 0. The molecule has 0 atom stereocenters. The zero-order valence-corrected chi connectivity index (χ0v) is 13.0. The number of amides is 1. The van der Waals surface area contributed by atoms with Gasteiger partial charge in [-0.1, -0.05) is 19.1 Å². The van der Waals surface area contributed by atoms with Gasteiger partial charge in [0.05, 0.1) is 12.5 Å². The zero-order chi connectivity index (χ0) is 14.8. The number of rotatable bonds is 3. The fraction of sp³-hybridized carbons (Fsp3) is 0.588. The minimum absolute atomic E-state index is 0.231. The predicted molar refractivity (Wildman–Crippen MR) is 81.0 cm³/mol. The van der Waals surface area contributed by atoms with E-state index >= 15 is 0 Å². The Morgan fingerprint density at radius 3 is 2.25 bits per heavy atom. The molecule has 2 rings (SSSR count). The molecular weight excluding hydrogens is 250 g/mol. The quantitative estimate of drug-likeness (QED) is 0.847. The zero-order valence-electron chi connectivity index (χ0n) is 13.0. The molecule has 3 nitrogen and oxygen atoms in total. The number of carbonyl (C=O) groups is 1. The van der Waals surface area contributed by atoms with Crippen molar-refractivity contribution < 1.29 is 9.53 Å². The molecule has 1 amide bonds. The molecule has 1 saturated heterocycles. The lowest BCUT2D eigenvalue weighted by atomic mass is 9.82. The maximum Gasteiger partial charge on any atom is 0.232 e. The van der Waals surface area contributed by atoms with Crippen molar-refractivity contribution in [2.45, 2.75) is 39.0 Å². The molecule has 20 heavy (non-hydrogen) atoms. The van der Waals surface area contributed by atoms with Gasteiger partial charge in [0.1, 0.15) is 5.75 Å². The Morgan fingerprint density at radius 1 is 1.20 bits per heavy atom. The second kappa shape index (κ2) is 5.86. The average molecular weight is 275 g/mol. The maximum absolute atomic E-state index is 12.8. The minimum Gasteiger partial charge on any atom is -0.497 e. The lowest BCUT2D eigenvalue weighted by Gasteiger charge is -2.36. The molecule has 0 unspecified atom stereocenters. The largest absolute Gasteiger partial charge is 0.497 e. The van der Waals surface area contributed by atoms with Crippen LogP contribution in [0.25, 0.3) is 0 Å². The summed E-state index contributed by atoms with van der Waals surface area (Å²) < 4.78 is 5.18. The van der Waals surface area contributed by atoms with Gasteiger partial charge in [-0.05, 0) is 50.3 Å². The first-order valence-electron chi connectivity index (χ1n) is 7.39. The van der Waals surface area contributed by atoms with E-state index in [0.29, 0.717) is 0 Å². The van der Waals surface area contributed by atoms with Gasteiger partial charge in [-0.3, -0.25) is 4.79 Å². The Labute approximate surface area is 121 Å². The van der Waals surface area contributed by atoms with Crippen LogP contribution in [0.4, 0.5) is 0 Å². The van der Waals surface area contributed by atoms with Crippen LogP contribution in [-0.2, 0) is 10.2 Å². The molecule has 0 aromatic heterocycles. The second-order valence-electron chi connectivity index (χ2n) is 6.33. The van der Waals surface area contributed by atoms with E-state index in [2.05, 4.69) is 6.92 Å². The van der Waals surface area contributed by atoms with E-state index in [9.17, 15) is 4.79 Å². The fourth-order valence-corrected chi connectivity index (χ4v) is 2.74. The number of benzene rings is 1. The molecule has 1 aromatic rings. The van der Waals surface area contributed by atoms with Crippen LogP contribution in [0.1, 0.15) is 39.2 Å². The number of methoxy groups -OCH3 is 1. The first-order valence-corrected chi connectivity index (χ1v) is 7.39. The third-order valence-corrected chi connectivity index (χ3v) is 4.42. The van der Waals surface area contributed by atoms with Crippen LogP contribution in [0.2, 0.25) is 0 Å². The number of piperidine rings is 1. The molecule has 0 bridgehead atoms. The highest BCUT2D eigenvalue weighted by atomic mass is 16.5. The topological polar surface area (TPSA) is 29.5 Å². The minimum atomic E-state index is -0.479. The van der Waals surface area contributed by atoms with Gasteiger partial charge >= 0.3 is 0 Å². The van der Waals surface area contributed by atoms with Crippen molar-refractivity contribution in [3.8, 4) is 5.75 Å². The van der Waals surface area contributed by atoms with Crippen molar-refractivity contribution >= 4 is 5.91 Å². The molecule has 1 aromatic carbocycles. The molecule has 0 saturated carbocycles. The summed E-state index contributed by atoms with van der Waals surface area (Å²) in [4.78, 5) is 14.8. The predicted octanol–water partition coefficient (Wildman–Crippen LogP) is 3.23. The molecule has 0 spiro atoms. The van der Waals surface area contributed by atoms with Crippen LogP contribution in [-0.4, -0.2) is 31.0 Å². The number of carbonyl (C=O) groups excluding carboxylic acids is 1. The van der Waals surface area contributed by atoms with Crippen LogP contribution >= 0.6 is 0 Å². The number of hydrogen-bond donors (Lipinski definition) is 0. The summed E-state index contributed by atoms with van der Waals surface area (Å²) in [6.45, 7) is 8.06. The number of ether oxygens (including phenoxy) is 1. The molecule has 110 valence electrons. The van der Waals surface area contributed by atoms with Crippen molar-refractivity contribution in [3.05, 3.63) is 29.8 Å². The summed E-state index contributed by atoms with van der Waals surface area (Å²) in [6.07, 6.45) is 2.23. The lowest BCUT2D eigenvalue weighted by molar-refractivity contribution is -0.137. The summed E-state index contributed by atoms with van der Waals surface area (Å²) in [5.41, 5.74) is 0.564. The maximum atomic E-state index is 12.8. The Bertz CT molecular complexity index is 456. The van der Waals surface area contributed by atoms with Crippen molar-refractivity contribution in [3.63, 3.8) is 0 Å². The van der Waals surface area contributed by atoms with E-state index in [0.717, 1.165) is 43.2 Å². The van der Waals surface area contributed by atoms with Gasteiger partial charge in [0.2, 0.25) is 5.91 Å². The number of hydrogen-bond acceptors (Lipinski definition) is 2. The smallest absolute Gasteiger partial charge is 0.232 e. The summed E-state index contributed by atoms with van der Waals surface area (Å²) in [6, 6.07) is 7.82. The molecule has 0 N–H and O–H groups in total. The molecular formula is C17H25NO2. The van der Waals surface area contributed by atoms with Gasteiger partial charge in [0, 0.05) is 13.1 Å². The Hall–Kier alpha value is -1.51. The normalized spacial score (nSPS) is 17.1.